The Morgan fingerprint density at radius 2 is 1.45 bits per heavy atom. The van der Waals surface area contributed by atoms with Gasteiger partial charge >= 0.3 is 0 Å². The number of aryl methyl sites for hydroxylation is 4. The number of carbonyl (C=O) groups is 1. The van der Waals surface area contributed by atoms with Crippen molar-refractivity contribution in [2.75, 3.05) is 17.1 Å². The van der Waals surface area contributed by atoms with Crippen molar-refractivity contribution < 1.29 is 17.9 Å². The Labute approximate surface area is 183 Å². The molecule has 0 unspecified atom stereocenters. The SMILES string of the molecule is COc1ccc(S(=O)(=O)Nc2c(C)cc(C)cc2C)cc1NC(=O)c1ccc(C)cc1. The van der Waals surface area contributed by atoms with Crippen LogP contribution < -0.4 is 14.8 Å². The topological polar surface area (TPSA) is 84.5 Å². The van der Waals surface area contributed by atoms with Crippen LogP contribution in [0.1, 0.15) is 32.6 Å². The van der Waals surface area contributed by atoms with Crippen molar-refractivity contribution in [3.8, 4) is 5.75 Å². The highest BCUT2D eigenvalue weighted by molar-refractivity contribution is 7.92. The van der Waals surface area contributed by atoms with E-state index in [0.29, 0.717) is 17.0 Å². The number of anilines is 2. The average molecular weight is 439 g/mol. The summed E-state index contributed by atoms with van der Waals surface area (Å²) in [5, 5.41) is 2.75. The second kappa shape index (κ2) is 8.81. The fourth-order valence-corrected chi connectivity index (χ4v) is 4.61. The van der Waals surface area contributed by atoms with Gasteiger partial charge in [-0.3, -0.25) is 9.52 Å². The Bertz CT molecular complexity index is 1210. The number of rotatable bonds is 6. The van der Waals surface area contributed by atoms with E-state index in [9.17, 15) is 13.2 Å². The van der Waals surface area contributed by atoms with E-state index in [2.05, 4.69) is 10.0 Å². The number of nitrogens with one attached hydrogen (secondary N) is 2. The Hall–Kier alpha value is -3.32. The third-order valence-corrected chi connectivity index (χ3v) is 6.30. The van der Waals surface area contributed by atoms with Crippen molar-refractivity contribution in [3.05, 3.63) is 82.4 Å². The van der Waals surface area contributed by atoms with E-state index in [1.54, 1.807) is 12.1 Å². The molecule has 0 aliphatic heterocycles. The van der Waals surface area contributed by atoms with Gasteiger partial charge in [0.2, 0.25) is 0 Å². The minimum atomic E-state index is -3.88. The summed E-state index contributed by atoms with van der Waals surface area (Å²) in [4.78, 5) is 12.7. The molecule has 31 heavy (non-hydrogen) atoms. The molecule has 0 spiro atoms. The van der Waals surface area contributed by atoms with Crippen LogP contribution in [0, 0.1) is 27.7 Å². The number of hydrogen-bond acceptors (Lipinski definition) is 4. The lowest BCUT2D eigenvalue weighted by Gasteiger charge is -2.16. The Kier molecular flexibility index (Phi) is 6.36. The first-order valence-electron chi connectivity index (χ1n) is 9.77. The van der Waals surface area contributed by atoms with Gasteiger partial charge in [-0.15, -0.1) is 0 Å². The van der Waals surface area contributed by atoms with Crippen LogP contribution in [0.25, 0.3) is 0 Å². The monoisotopic (exact) mass is 438 g/mol. The van der Waals surface area contributed by atoms with Gasteiger partial charge in [-0.25, -0.2) is 8.42 Å². The average Bonchev–Trinajstić information content (AvgIpc) is 2.71. The normalized spacial score (nSPS) is 11.1. The second-order valence-corrected chi connectivity index (χ2v) is 9.24. The maximum Gasteiger partial charge on any atom is 0.261 e. The molecule has 0 aromatic heterocycles. The second-order valence-electron chi connectivity index (χ2n) is 7.56. The zero-order chi connectivity index (χ0) is 22.8. The zero-order valence-electron chi connectivity index (χ0n) is 18.2. The van der Waals surface area contributed by atoms with Crippen LogP contribution in [0.4, 0.5) is 11.4 Å². The van der Waals surface area contributed by atoms with Crippen molar-refractivity contribution in [1.29, 1.82) is 0 Å². The lowest BCUT2D eigenvalue weighted by atomic mass is 10.1. The molecule has 3 rings (SSSR count). The van der Waals surface area contributed by atoms with Crippen molar-refractivity contribution in [3.63, 3.8) is 0 Å². The Balaban J connectivity index is 1.93. The fraction of sp³-hybridized carbons (Fsp3) is 0.208. The number of methoxy groups -OCH3 is 1. The summed E-state index contributed by atoms with van der Waals surface area (Å²) in [5.41, 5.74) is 5.05. The minimum absolute atomic E-state index is 0.0203. The first-order chi connectivity index (χ1) is 14.6. The van der Waals surface area contributed by atoms with Crippen LogP contribution >= 0.6 is 0 Å². The van der Waals surface area contributed by atoms with Crippen LogP contribution in [0.3, 0.4) is 0 Å². The van der Waals surface area contributed by atoms with E-state index in [-0.39, 0.29) is 16.5 Å². The molecular formula is C24H26N2O4S. The van der Waals surface area contributed by atoms with Crippen molar-refractivity contribution in [2.24, 2.45) is 0 Å². The molecule has 3 aromatic rings. The largest absolute Gasteiger partial charge is 0.495 e. The first kappa shape index (κ1) is 22.4. The number of hydrogen-bond donors (Lipinski definition) is 2. The van der Waals surface area contributed by atoms with E-state index in [0.717, 1.165) is 22.3 Å². The van der Waals surface area contributed by atoms with Crippen LogP contribution in [0.15, 0.2) is 59.5 Å². The van der Waals surface area contributed by atoms with Gasteiger partial charge in [0.1, 0.15) is 5.75 Å². The smallest absolute Gasteiger partial charge is 0.261 e. The fourth-order valence-electron chi connectivity index (χ4n) is 3.39. The molecular weight excluding hydrogens is 412 g/mol. The molecule has 0 saturated heterocycles. The summed E-state index contributed by atoms with van der Waals surface area (Å²) in [6.45, 7) is 7.62. The summed E-state index contributed by atoms with van der Waals surface area (Å²) in [5.74, 6) is 0.00754. The van der Waals surface area contributed by atoms with Crippen molar-refractivity contribution in [2.45, 2.75) is 32.6 Å². The van der Waals surface area contributed by atoms with Gasteiger partial charge in [0.15, 0.2) is 0 Å². The third kappa shape index (κ3) is 5.06. The van der Waals surface area contributed by atoms with E-state index in [1.807, 2.05) is 52.0 Å². The molecule has 0 aliphatic carbocycles. The van der Waals surface area contributed by atoms with Crippen LogP contribution in [0.2, 0.25) is 0 Å². The highest BCUT2D eigenvalue weighted by atomic mass is 32.2. The zero-order valence-corrected chi connectivity index (χ0v) is 19.1. The number of amides is 1. The number of carbonyl (C=O) groups excluding carboxylic acids is 1. The van der Waals surface area contributed by atoms with Gasteiger partial charge in [-0.05, 0) is 69.2 Å². The van der Waals surface area contributed by atoms with Gasteiger partial charge in [0, 0.05) is 5.56 Å². The Morgan fingerprint density at radius 1 is 0.839 bits per heavy atom. The molecule has 1 amide bonds. The maximum atomic E-state index is 13.1. The molecule has 7 heteroatoms. The van der Waals surface area contributed by atoms with Crippen LogP contribution in [0.5, 0.6) is 5.75 Å². The Morgan fingerprint density at radius 3 is 2.03 bits per heavy atom. The quantitative estimate of drug-likeness (QED) is 0.568. The third-order valence-electron chi connectivity index (χ3n) is 4.96. The van der Waals surface area contributed by atoms with E-state index in [4.69, 9.17) is 4.74 Å². The summed E-state index contributed by atoms with van der Waals surface area (Å²) >= 11 is 0. The summed E-state index contributed by atoms with van der Waals surface area (Å²) < 4.78 is 34.1. The van der Waals surface area contributed by atoms with E-state index in [1.165, 1.54) is 25.3 Å². The molecule has 0 saturated carbocycles. The van der Waals surface area contributed by atoms with E-state index >= 15 is 0 Å². The number of benzene rings is 3. The van der Waals surface area contributed by atoms with Crippen molar-refractivity contribution >= 4 is 27.3 Å². The van der Waals surface area contributed by atoms with Gasteiger partial charge < -0.3 is 10.1 Å². The summed E-state index contributed by atoms with van der Waals surface area (Å²) in [6.07, 6.45) is 0. The standard InChI is InChI=1S/C24H26N2O4S/c1-15-6-8-19(9-7-15)24(27)25-21-14-20(10-11-22(21)30-5)31(28,29)26-23-17(3)12-16(2)13-18(23)4/h6-14,26H,1-5H3,(H,25,27). The molecule has 6 nitrogen and oxygen atoms in total. The van der Waals surface area contributed by atoms with E-state index < -0.39 is 10.0 Å². The van der Waals surface area contributed by atoms with Gasteiger partial charge in [0.25, 0.3) is 15.9 Å². The molecule has 162 valence electrons. The molecule has 0 atom stereocenters. The predicted octanol–water partition coefficient (Wildman–Crippen LogP) is 4.98. The molecule has 0 bridgehead atoms. The summed E-state index contributed by atoms with van der Waals surface area (Å²) in [7, 11) is -2.42. The maximum absolute atomic E-state index is 13.1. The minimum Gasteiger partial charge on any atom is -0.495 e. The number of sulfonamides is 1. The van der Waals surface area contributed by atoms with Gasteiger partial charge in [0.05, 0.1) is 23.4 Å². The molecule has 0 fully saturated rings. The molecule has 0 heterocycles. The summed E-state index contributed by atoms with van der Waals surface area (Å²) in [6, 6.07) is 15.3. The highest BCUT2D eigenvalue weighted by Crippen LogP contribution is 2.30. The van der Waals surface area contributed by atoms with Gasteiger partial charge in [-0.2, -0.15) is 0 Å². The molecule has 2 N–H and O–H groups in total. The predicted molar refractivity (Wildman–Crippen MR) is 124 cm³/mol. The molecule has 0 aliphatic rings. The van der Waals surface area contributed by atoms with Crippen LogP contribution in [-0.2, 0) is 10.0 Å². The first-order valence-corrected chi connectivity index (χ1v) is 11.3. The van der Waals surface area contributed by atoms with Crippen LogP contribution in [-0.4, -0.2) is 21.4 Å². The lowest BCUT2D eigenvalue weighted by Crippen LogP contribution is -2.17. The highest BCUT2D eigenvalue weighted by Gasteiger charge is 2.20. The molecule has 0 radical (unpaired) electrons. The van der Waals surface area contributed by atoms with Gasteiger partial charge in [-0.1, -0.05) is 35.4 Å². The number of ether oxygens (including phenoxy) is 1. The van der Waals surface area contributed by atoms with Crippen molar-refractivity contribution in [1.82, 2.24) is 0 Å². The molecule has 3 aromatic carbocycles. The lowest BCUT2D eigenvalue weighted by molar-refractivity contribution is 0.102.